The smallest absolute Gasteiger partial charge is 0.0834 e. The monoisotopic (exact) mass is 289 g/mol. The summed E-state index contributed by atoms with van der Waals surface area (Å²) in [6, 6.07) is 4.51. The third-order valence-electron chi connectivity index (χ3n) is 4.86. The van der Waals surface area contributed by atoms with Crippen LogP contribution >= 0.6 is 0 Å². The van der Waals surface area contributed by atoms with Gasteiger partial charge in [-0.1, -0.05) is 12.5 Å². The predicted octanol–water partition coefficient (Wildman–Crippen LogP) is 1.55. The van der Waals surface area contributed by atoms with Crippen LogP contribution in [0.25, 0.3) is 0 Å². The van der Waals surface area contributed by atoms with Crippen molar-refractivity contribution >= 4 is 0 Å². The highest BCUT2D eigenvalue weighted by Gasteiger charge is 2.35. The van der Waals surface area contributed by atoms with Crippen molar-refractivity contribution in [2.75, 3.05) is 32.7 Å². The van der Waals surface area contributed by atoms with E-state index in [1.807, 2.05) is 18.5 Å². The minimum Gasteiger partial charge on any atom is -0.390 e. The number of aryl methyl sites for hydroxylation is 1. The van der Waals surface area contributed by atoms with Gasteiger partial charge < -0.3 is 5.11 Å². The van der Waals surface area contributed by atoms with Crippen LogP contribution in [0.2, 0.25) is 0 Å². The highest BCUT2D eigenvalue weighted by molar-refractivity contribution is 5.08. The second-order valence-corrected chi connectivity index (χ2v) is 6.46. The van der Waals surface area contributed by atoms with Gasteiger partial charge in [-0.25, -0.2) is 0 Å². The number of piperidine rings is 1. The Morgan fingerprint density at radius 3 is 2.81 bits per heavy atom. The molecule has 0 aromatic carbocycles. The lowest BCUT2D eigenvalue weighted by Gasteiger charge is -2.33. The molecule has 0 radical (unpaired) electrons. The summed E-state index contributed by atoms with van der Waals surface area (Å²) in [4.78, 5) is 9.10. The zero-order valence-corrected chi connectivity index (χ0v) is 12.8. The number of pyridine rings is 1. The molecule has 0 aliphatic carbocycles. The quantitative estimate of drug-likeness (QED) is 0.893. The Balaban J connectivity index is 1.43. The maximum absolute atomic E-state index is 10.3. The van der Waals surface area contributed by atoms with Gasteiger partial charge in [-0.2, -0.15) is 0 Å². The van der Waals surface area contributed by atoms with Gasteiger partial charge in [-0.3, -0.25) is 14.8 Å². The van der Waals surface area contributed by atoms with E-state index in [-0.39, 0.29) is 6.10 Å². The Morgan fingerprint density at radius 1 is 1.19 bits per heavy atom. The lowest BCUT2D eigenvalue weighted by Crippen LogP contribution is -2.45. The number of likely N-dealkylation sites (tertiary alicyclic amines) is 2. The lowest BCUT2D eigenvalue weighted by atomic mass is 10.1. The maximum Gasteiger partial charge on any atom is 0.0834 e. The number of hydrogen-bond acceptors (Lipinski definition) is 4. The van der Waals surface area contributed by atoms with Gasteiger partial charge in [0.25, 0.3) is 0 Å². The van der Waals surface area contributed by atoms with Crippen molar-refractivity contribution in [3.63, 3.8) is 0 Å². The molecule has 1 N–H and O–H groups in total. The van der Waals surface area contributed by atoms with E-state index in [2.05, 4.69) is 20.9 Å². The summed E-state index contributed by atoms with van der Waals surface area (Å²) in [6.07, 6.45) is 9.78. The predicted molar refractivity (Wildman–Crippen MR) is 84.2 cm³/mol. The van der Waals surface area contributed by atoms with Crippen LogP contribution in [0.15, 0.2) is 24.5 Å². The molecule has 2 aliphatic rings. The molecule has 2 fully saturated rings. The number of β-amino-alcohol motifs (C(OH)–C–C–N with tert-alkyl or cyclic N) is 1. The molecule has 1 aromatic rings. The molecule has 2 saturated heterocycles. The Bertz CT molecular complexity index is 419. The summed E-state index contributed by atoms with van der Waals surface area (Å²) in [5.74, 6) is 0. The molecule has 4 nitrogen and oxygen atoms in total. The van der Waals surface area contributed by atoms with Crippen molar-refractivity contribution in [3.8, 4) is 0 Å². The molecule has 2 aliphatic heterocycles. The van der Waals surface area contributed by atoms with Crippen molar-refractivity contribution < 1.29 is 5.11 Å². The van der Waals surface area contributed by atoms with Crippen molar-refractivity contribution in [1.29, 1.82) is 0 Å². The average molecular weight is 289 g/mol. The average Bonchev–Trinajstić information content (AvgIpc) is 2.90. The molecular formula is C17H27N3O. The SMILES string of the molecule is O[C@H]1CN(CCCc2cccnc2)C[C@@H]1N1CCCCC1. The number of aromatic nitrogens is 1. The lowest BCUT2D eigenvalue weighted by molar-refractivity contribution is 0.0706. The summed E-state index contributed by atoms with van der Waals surface area (Å²) in [7, 11) is 0. The Hall–Kier alpha value is -0.970. The van der Waals surface area contributed by atoms with Gasteiger partial charge in [0.2, 0.25) is 0 Å². The van der Waals surface area contributed by atoms with Crippen LogP contribution in [0.1, 0.15) is 31.2 Å². The van der Waals surface area contributed by atoms with E-state index in [0.29, 0.717) is 6.04 Å². The van der Waals surface area contributed by atoms with E-state index in [4.69, 9.17) is 0 Å². The summed E-state index contributed by atoms with van der Waals surface area (Å²) in [5.41, 5.74) is 1.31. The molecule has 0 spiro atoms. The second-order valence-electron chi connectivity index (χ2n) is 6.46. The molecule has 1 aromatic heterocycles. The van der Waals surface area contributed by atoms with E-state index in [0.717, 1.165) is 32.5 Å². The highest BCUT2D eigenvalue weighted by Crippen LogP contribution is 2.21. The van der Waals surface area contributed by atoms with Crippen LogP contribution in [-0.4, -0.2) is 64.8 Å². The van der Waals surface area contributed by atoms with Gasteiger partial charge in [0, 0.05) is 31.5 Å². The Morgan fingerprint density at radius 2 is 2.05 bits per heavy atom. The molecule has 0 unspecified atom stereocenters. The zero-order chi connectivity index (χ0) is 14.5. The molecule has 116 valence electrons. The third-order valence-corrected chi connectivity index (χ3v) is 4.86. The van der Waals surface area contributed by atoms with Crippen LogP contribution in [0.4, 0.5) is 0 Å². The van der Waals surface area contributed by atoms with Crippen LogP contribution in [0.3, 0.4) is 0 Å². The van der Waals surface area contributed by atoms with Crippen LogP contribution in [0.5, 0.6) is 0 Å². The first-order chi connectivity index (χ1) is 10.3. The van der Waals surface area contributed by atoms with Crippen LogP contribution in [0, 0.1) is 0 Å². The second kappa shape index (κ2) is 7.34. The van der Waals surface area contributed by atoms with Gasteiger partial charge in [0.1, 0.15) is 0 Å². The zero-order valence-electron chi connectivity index (χ0n) is 12.8. The summed E-state index contributed by atoms with van der Waals surface area (Å²) < 4.78 is 0. The molecule has 0 bridgehead atoms. The first-order valence-corrected chi connectivity index (χ1v) is 8.36. The van der Waals surface area contributed by atoms with Crippen LogP contribution in [-0.2, 0) is 6.42 Å². The summed E-state index contributed by atoms with van der Waals surface area (Å²) in [5, 5.41) is 10.3. The fraction of sp³-hybridized carbons (Fsp3) is 0.706. The standard InChI is InChI=1S/C17H27N3O/c21-17-14-19(9-5-7-15-6-4-8-18-12-15)13-16(17)20-10-2-1-3-11-20/h4,6,8,12,16-17,21H,1-3,5,7,9-11,13-14H2/t16-,17-/m0/s1. The minimum absolute atomic E-state index is 0.165. The fourth-order valence-corrected chi connectivity index (χ4v) is 3.69. The van der Waals surface area contributed by atoms with E-state index in [1.165, 1.54) is 37.9 Å². The number of nitrogens with zero attached hydrogens (tertiary/aromatic N) is 3. The summed E-state index contributed by atoms with van der Waals surface area (Å²) >= 11 is 0. The molecule has 2 atom stereocenters. The van der Waals surface area contributed by atoms with E-state index in [9.17, 15) is 5.11 Å². The molecular weight excluding hydrogens is 262 g/mol. The van der Waals surface area contributed by atoms with Gasteiger partial charge in [0.15, 0.2) is 0 Å². The first-order valence-electron chi connectivity index (χ1n) is 8.36. The van der Waals surface area contributed by atoms with E-state index in [1.54, 1.807) is 0 Å². The first kappa shape index (κ1) is 14.9. The summed E-state index contributed by atoms with van der Waals surface area (Å²) in [6.45, 7) is 5.30. The third kappa shape index (κ3) is 4.02. The Labute approximate surface area is 127 Å². The normalized spacial score (nSPS) is 28.0. The minimum atomic E-state index is -0.165. The van der Waals surface area contributed by atoms with Crippen molar-refractivity contribution in [3.05, 3.63) is 30.1 Å². The van der Waals surface area contributed by atoms with Crippen molar-refractivity contribution in [1.82, 2.24) is 14.8 Å². The maximum atomic E-state index is 10.3. The highest BCUT2D eigenvalue weighted by atomic mass is 16.3. The van der Waals surface area contributed by atoms with Gasteiger partial charge in [-0.05, 0) is 56.9 Å². The number of rotatable bonds is 5. The van der Waals surface area contributed by atoms with Gasteiger partial charge >= 0.3 is 0 Å². The number of aliphatic hydroxyl groups excluding tert-OH is 1. The molecule has 0 saturated carbocycles. The number of hydrogen-bond donors (Lipinski definition) is 1. The van der Waals surface area contributed by atoms with Crippen molar-refractivity contribution in [2.45, 2.75) is 44.2 Å². The molecule has 0 amide bonds. The van der Waals surface area contributed by atoms with Crippen LogP contribution < -0.4 is 0 Å². The topological polar surface area (TPSA) is 39.6 Å². The number of aliphatic hydroxyl groups is 1. The molecule has 3 heterocycles. The Kier molecular flexibility index (Phi) is 5.22. The molecule has 21 heavy (non-hydrogen) atoms. The van der Waals surface area contributed by atoms with Gasteiger partial charge in [0.05, 0.1) is 6.10 Å². The van der Waals surface area contributed by atoms with Crippen molar-refractivity contribution in [2.24, 2.45) is 0 Å². The fourth-order valence-electron chi connectivity index (χ4n) is 3.69. The molecule has 3 rings (SSSR count). The molecule has 4 heteroatoms. The van der Waals surface area contributed by atoms with Gasteiger partial charge in [-0.15, -0.1) is 0 Å². The largest absolute Gasteiger partial charge is 0.390 e. The van der Waals surface area contributed by atoms with E-state index >= 15 is 0 Å². The van der Waals surface area contributed by atoms with E-state index < -0.39 is 0 Å².